The molecule has 0 saturated carbocycles. The van der Waals surface area contributed by atoms with Crippen molar-refractivity contribution in [3.05, 3.63) is 41.9 Å². The molecular formula is C16H15N7O. The minimum Gasteiger partial charge on any atom is -0.384 e. The van der Waals surface area contributed by atoms with E-state index in [1.165, 1.54) is 12.4 Å². The molecule has 0 atom stereocenters. The summed E-state index contributed by atoms with van der Waals surface area (Å²) >= 11 is 0. The molecule has 0 saturated heterocycles. The molecule has 0 bridgehead atoms. The van der Waals surface area contributed by atoms with Gasteiger partial charge in [0.15, 0.2) is 11.5 Å². The zero-order valence-corrected chi connectivity index (χ0v) is 13.0. The maximum Gasteiger partial charge on any atom is 0.252 e. The Balaban J connectivity index is 2.09. The van der Waals surface area contributed by atoms with Crippen LogP contribution in [0.5, 0.6) is 0 Å². The number of hydrogen-bond acceptors (Lipinski definition) is 6. The normalized spacial score (nSPS) is 10.5. The van der Waals surface area contributed by atoms with E-state index in [2.05, 4.69) is 20.4 Å². The van der Waals surface area contributed by atoms with Gasteiger partial charge in [-0.15, -0.1) is 0 Å². The van der Waals surface area contributed by atoms with Crippen LogP contribution in [-0.4, -0.2) is 32.2 Å². The maximum atomic E-state index is 11.5. The monoisotopic (exact) mass is 321 g/mol. The summed E-state index contributed by atoms with van der Waals surface area (Å²) in [4.78, 5) is 20.1. The molecular weight excluding hydrogens is 306 g/mol. The van der Waals surface area contributed by atoms with Crippen LogP contribution < -0.4 is 11.1 Å². The largest absolute Gasteiger partial charge is 0.384 e. The van der Waals surface area contributed by atoms with Crippen LogP contribution in [0.25, 0.3) is 16.9 Å². The highest BCUT2D eigenvalue weighted by molar-refractivity contribution is 5.98. The van der Waals surface area contributed by atoms with Gasteiger partial charge in [-0.25, -0.2) is 9.97 Å². The van der Waals surface area contributed by atoms with Crippen LogP contribution in [0.4, 0.5) is 5.69 Å². The Hall–Kier alpha value is -3.47. The van der Waals surface area contributed by atoms with E-state index in [4.69, 9.17) is 11.0 Å². The molecule has 3 heterocycles. The van der Waals surface area contributed by atoms with Gasteiger partial charge in [-0.3, -0.25) is 4.79 Å². The number of nitrogens with two attached hydrogens (primary N) is 1. The Morgan fingerprint density at radius 1 is 1.33 bits per heavy atom. The van der Waals surface area contributed by atoms with Gasteiger partial charge in [0, 0.05) is 30.4 Å². The summed E-state index contributed by atoms with van der Waals surface area (Å²) in [5.41, 5.74) is 7.36. The third-order valence-corrected chi connectivity index (χ3v) is 3.47. The number of nitrogens with zero attached hydrogens (tertiary/aromatic N) is 5. The third kappa shape index (κ3) is 2.75. The van der Waals surface area contributed by atoms with Crippen LogP contribution >= 0.6 is 0 Å². The van der Waals surface area contributed by atoms with E-state index in [0.29, 0.717) is 34.8 Å². The van der Waals surface area contributed by atoms with Crippen LogP contribution in [0, 0.1) is 11.3 Å². The van der Waals surface area contributed by atoms with E-state index in [1.807, 2.05) is 13.0 Å². The van der Waals surface area contributed by atoms with Crippen molar-refractivity contribution in [2.24, 2.45) is 5.73 Å². The number of pyridine rings is 2. The molecule has 120 valence electrons. The Bertz CT molecular complexity index is 955. The van der Waals surface area contributed by atoms with Gasteiger partial charge >= 0.3 is 0 Å². The molecule has 8 heteroatoms. The summed E-state index contributed by atoms with van der Waals surface area (Å²) in [7, 11) is 0. The molecule has 0 unspecified atom stereocenters. The lowest BCUT2D eigenvalue weighted by atomic mass is 10.2. The summed E-state index contributed by atoms with van der Waals surface area (Å²) in [6, 6.07) is 5.46. The standard InChI is InChI=1S/C16H15N7O/c1-2-3-19-13-5-14(20-9-12(13)15(18)24)23-16-11(8-22-23)4-10(6-17)7-21-16/h4-5,7-9H,2-3H2,1H3,(H2,18,24)(H,19,20). The van der Waals surface area contributed by atoms with Crippen molar-refractivity contribution >= 4 is 22.6 Å². The smallest absolute Gasteiger partial charge is 0.252 e. The molecule has 0 aliphatic carbocycles. The number of carbonyl (C=O) groups excluding carboxylic acids is 1. The lowest BCUT2D eigenvalue weighted by Crippen LogP contribution is -2.16. The lowest BCUT2D eigenvalue weighted by Gasteiger charge is -2.11. The Labute approximate surface area is 137 Å². The zero-order chi connectivity index (χ0) is 17.1. The van der Waals surface area contributed by atoms with E-state index in [-0.39, 0.29) is 0 Å². The number of amides is 1. The predicted octanol–water partition coefficient (Wildman–Crippen LogP) is 1.61. The number of carbonyl (C=O) groups is 1. The van der Waals surface area contributed by atoms with Crippen molar-refractivity contribution in [2.75, 3.05) is 11.9 Å². The first-order valence-corrected chi connectivity index (χ1v) is 7.42. The molecule has 3 rings (SSSR count). The van der Waals surface area contributed by atoms with Gasteiger partial charge in [-0.05, 0) is 12.5 Å². The van der Waals surface area contributed by atoms with E-state index in [1.54, 1.807) is 23.0 Å². The summed E-state index contributed by atoms with van der Waals surface area (Å²) < 4.78 is 1.55. The molecule has 0 spiro atoms. The fourth-order valence-electron chi connectivity index (χ4n) is 2.31. The summed E-state index contributed by atoms with van der Waals surface area (Å²) in [5, 5.41) is 17.1. The van der Waals surface area contributed by atoms with Crippen molar-refractivity contribution in [3.63, 3.8) is 0 Å². The van der Waals surface area contributed by atoms with Crippen molar-refractivity contribution in [3.8, 4) is 11.9 Å². The topological polar surface area (TPSA) is 123 Å². The molecule has 0 aromatic carbocycles. The highest BCUT2D eigenvalue weighted by Crippen LogP contribution is 2.21. The van der Waals surface area contributed by atoms with Gasteiger partial charge in [0.2, 0.25) is 0 Å². The zero-order valence-electron chi connectivity index (χ0n) is 13.0. The van der Waals surface area contributed by atoms with E-state index < -0.39 is 5.91 Å². The van der Waals surface area contributed by atoms with E-state index in [9.17, 15) is 4.79 Å². The fraction of sp³-hybridized carbons (Fsp3) is 0.188. The first-order chi connectivity index (χ1) is 11.6. The average Bonchev–Trinajstić information content (AvgIpc) is 3.02. The molecule has 3 N–H and O–H groups in total. The number of aromatic nitrogens is 4. The van der Waals surface area contributed by atoms with E-state index in [0.717, 1.165) is 11.8 Å². The minimum absolute atomic E-state index is 0.323. The first-order valence-electron chi connectivity index (χ1n) is 7.42. The molecule has 0 radical (unpaired) electrons. The van der Waals surface area contributed by atoms with Crippen LogP contribution in [0.15, 0.2) is 30.7 Å². The van der Waals surface area contributed by atoms with Crippen molar-refractivity contribution < 1.29 is 4.79 Å². The molecule has 1 amide bonds. The van der Waals surface area contributed by atoms with Crippen LogP contribution in [0.2, 0.25) is 0 Å². The molecule has 8 nitrogen and oxygen atoms in total. The van der Waals surface area contributed by atoms with Crippen molar-refractivity contribution in [1.29, 1.82) is 5.26 Å². The van der Waals surface area contributed by atoms with E-state index >= 15 is 0 Å². The number of fused-ring (bicyclic) bond motifs is 1. The van der Waals surface area contributed by atoms with Gasteiger partial charge in [0.1, 0.15) is 6.07 Å². The number of anilines is 1. The highest BCUT2D eigenvalue weighted by atomic mass is 16.1. The molecule has 0 aliphatic heterocycles. The van der Waals surface area contributed by atoms with Gasteiger partial charge in [0.05, 0.1) is 23.0 Å². The second-order valence-corrected chi connectivity index (χ2v) is 5.18. The first kappa shape index (κ1) is 15.4. The molecule has 3 aromatic heterocycles. The Kier molecular flexibility index (Phi) is 4.07. The van der Waals surface area contributed by atoms with Gasteiger partial charge in [0.25, 0.3) is 5.91 Å². The summed E-state index contributed by atoms with van der Waals surface area (Å²) in [6.07, 6.45) is 5.42. The lowest BCUT2D eigenvalue weighted by molar-refractivity contribution is 0.100. The number of nitrogens with one attached hydrogen (secondary N) is 1. The second kappa shape index (κ2) is 6.34. The fourth-order valence-corrected chi connectivity index (χ4v) is 2.31. The predicted molar refractivity (Wildman–Crippen MR) is 88.7 cm³/mol. The van der Waals surface area contributed by atoms with Crippen molar-refractivity contribution in [2.45, 2.75) is 13.3 Å². The van der Waals surface area contributed by atoms with Crippen LogP contribution in [0.3, 0.4) is 0 Å². The highest BCUT2D eigenvalue weighted by Gasteiger charge is 2.13. The molecule has 24 heavy (non-hydrogen) atoms. The number of primary amides is 1. The average molecular weight is 321 g/mol. The van der Waals surface area contributed by atoms with Gasteiger partial charge in [-0.1, -0.05) is 6.92 Å². The van der Waals surface area contributed by atoms with Crippen LogP contribution in [0.1, 0.15) is 29.3 Å². The quantitative estimate of drug-likeness (QED) is 0.736. The molecule has 0 fully saturated rings. The van der Waals surface area contributed by atoms with Crippen molar-refractivity contribution in [1.82, 2.24) is 19.7 Å². The van der Waals surface area contributed by atoms with Gasteiger partial charge in [-0.2, -0.15) is 15.0 Å². The third-order valence-electron chi connectivity index (χ3n) is 3.47. The number of hydrogen-bond donors (Lipinski definition) is 2. The Morgan fingerprint density at radius 3 is 2.88 bits per heavy atom. The Morgan fingerprint density at radius 2 is 2.17 bits per heavy atom. The summed E-state index contributed by atoms with van der Waals surface area (Å²) in [5.74, 6) is -0.0411. The van der Waals surface area contributed by atoms with Gasteiger partial charge < -0.3 is 11.1 Å². The number of nitriles is 1. The minimum atomic E-state index is -0.547. The second-order valence-electron chi connectivity index (χ2n) is 5.18. The van der Waals surface area contributed by atoms with Crippen LogP contribution in [-0.2, 0) is 0 Å². The summed E-state index contributed by atoms with van der Waals surface area (Å²) in [6.45, 7) is 2.73. The molecule has 3 aromatic rings. The maximum absolute atomic E-state index is 11.5. The number of rotatable bonds is 5. The molecule has 0 aliphatic rings. The SMILES string of the molecule is CCCNc1cc(-n2ncc3cc(C#N)cnc32)ncc1C(N)=O.